The van der Waals surface area contributed by atoms with Crippen molar-refractivity contribution in [3.05, 3.63) is 53.9 Å². The van der Waals surface area contributed by atoms with E-state index in [0.717, 1.165) is 32.2 Å². The molecule has 1 saturated carbocycles. The second kappa shape index (κ2) is 10.3. The van der Waals surface area contributed by atoms with Crippen LogP contribution in [0.5, 0.6) is 0 Å². The molecule has 1 aromatic carbocycles. The Morgan fingerprint density at radius 2 is 1.90 bits per heavy atom. The number of likely N-dealkylation sites (tertiary alicyclic amines) is 1. The van der Waals surface area contributed by atoms with Gasteiger partial charge in [-0.1, -0.05) is 30.3 Å². The van der Waals surface area contributed by atoms with E-state index in [1.807, 2.05) is 29.7 Å². The minimum absolute atomic E-state index is 0.0238. The smallest absolute Gasteiger partial charge is 0.317 e. The Bertz CT molecular complexity index is 829. The number of benzene rings is 1. The van der Waals surface area contributed by atoms with Crippen molar-refractivity contribution in [3.63, 3.8) is 0 Å². The molecular formula is C25H36N4O2. The highest BCUT2D eigenvalue weighted by Crippen LogP contribution is 2.36. The van der Waals surface area contributed by atoms with E-state index < -0.39 is 0 Å². The van der Waals surface area contributed by atoms with Gasteiger partial charge in [0.2, 0.25) is 0 Å². The van der Waals surface area contributed by atoms with Gasteiger partial charge in [0.05, 0.1) is 18.8 Å². The third-order valence-electron chi connectivity index (χ3n) is 7.05. The average molecular weight is 425 g/mol. The predicted molar refractivity (Wildman–Crippen MR) is 122 cm³/mol. The number of carbonyl (C=O) groups excluding carboxylic acids is 1. The Balaban J connectivity index is 1.40. The van der Waals surface area contributed by atoms with Crippen LogP contribution in [0.25, 0.3) is 0 Å². The molecule has 1 aromatic heterocycles. The first-order valence-corrected chi connectivity index (χ1v) is 11.9. The monoisotopic (exact) mass is 424 g/mol. The number of carbonyl (C=O) groups is 1. The van der Waals surface area contributed by atoms with E-state index in [4.69, 9.17) is 4.74 Å². The Morgan fingerprint density at radius 3 is 2.58 bits per heavy atom. The van der Waals surface area contributed by atoms with E-state index in [1.54, 1.807) is 0 Å². The topological polar surface area (TPSA) is 59.4 Å². The van der Waals surface area contributed by atoms with Gasteiger partial charge >= 0.3 is 6.03 Å². The molecule has 31 heavy (non-hydrogen) atoms. The van der Waals surface area contributed by atoms with Crippen LogP contribution in [0.2, 0.25) is 0 Å². The van der Waals surface area contributed by atoms with Gasteiger partial charge < -0.3 is 15.0 Å². The zero-order valence-corrected chi connectivity index (χ0v) is 18.9. The number of amides is 2. The second-order valence-corrected chi connectivity index (χ2v) is 8.94. The molecule has 2 unspecified atom stereocenters. The third-order valence-corrected chi connectivity index (χ3v) is 7.05. The van der Waals surface area contributed by atoms with Gasteiger partial charge in [-0.05, 0) is 63.0 Å². The summed E-state index contributed by atoms with van der Waals surface area (Å²) in [5.74, 6) is 0.897. The highest BCUT2D eigenvalue weighted by Gasteiger charge is 2.37. The molecule has 0 bridgehead atoms. The molecule has 0 spiro atoms. The lowest BCUT2D eigenvalue weighted by Gasteiger charge is -2.42. The fourth-order valence-electron chi connectivity index (χ4n) is 5.38. The van der Waals surface area contributed by atoms with Gasteiger partial charge in [-0.15, -0.1) is 0 Å². The molecule has 2 amide bonds. The minimum Gasteiger partial charge on any atom is -0.376 e. The SMILES string of the molecule is CCNC(=O)N1CCCC(c2ccnn2C)C1COC1CCC(c2ccccc2)CC1. The molecule has 2 fully saturated rings. The van der Waals surface area contributed by atoms with E-state index >= 15 is 0 Å². The average Bonchev–Trinajstić information content (AvgIpc) is 3.24. The molecule has 2 aliphatic rings. The summed E-state index contributed by atoms with van der Waals surface area (Å²) < 4.78 is 8.43. The Kier molecular flexibility index (Phi) is 7.28. The van der Waals surface area contributed by atoms with E-state index in [0.29, 0.717) is 19.1 Å². The highest BCUT2D eigenvalue weighted by molar-refractivity contribution is 5.74. The van der Waals surface area contributed by atoms with Gasteiger partial charge in [-0.3, -0.25) is 4.68 Å². The molecule has 2 aromatic rings. The van der Waals surface area contributed by atoms with Crippen LogP contribution in [-0.4, -0.2) is 52.6 Å². The van der Waals surface area contributed by atoms with Gasteiger partial charge in [-0.2, -0.15) is 5.10 Å². The van der Waals surface area contributed by atoms with Crippen LogP contribution in [0.1, 0.15) is 68.5 Å². The van der Waals surface area contributed by atoms with E-state index in [2.05, 4.69) is 46.8 Å². The summed E-state index contributed by atoms with van der Waals surface area (Å²) in [5, 5.41) is 7.37. The number of aryl methyl sites for hydroxylation is 1. The molecule has 1 N–H and O–H groups in total. The lowest BCUT2D eigenvalue weighted by Crippen LogP contribution is -2.54. The maximum atomic E-state index is 12.8. The standard InChI is InChI=1S/C25H36N4O2/c1-3-26-25(30)29-17-7-10-22(23-15-16-27-28(23)2)24(29)18-31-21-13-11-20(12-14-21)19-8-5-4-6-9-19/h4-6,8-9,15-16,20-22,24H,3,7,10-14,17-18H2,1-2H3,(H,26,30). The molecule has 4 rings (SSSR count). The first-order valence-electron chi connectivity index (χ1n) is 11.9. The number of nitrogens with one attached hydrogen (secondary N) is 1. The molecule has 1 aliphatic heterocycles. The van der Waals surface area contributed by atoms with Crippen LogP contribution in [0.3, 0.4) is 0 Å². The Labute approximate surface area is 186 Å². The summed E-state index contributed by atoms with van der Waals surface area (Å²) in [6.45, 7) is 3.99. The van der Waals surface area contributed by atoms with E-state index in [9.17, 15) is 4.79 Å². The maximum Gasteiger partial charge on any atom is 0.317 e. The predicted octanol–water partition coefficient (Wildman–Crippen LogP) is 4.44. The van der Waals surface area contributed by atoms with Gasteiger partial charge in [0.25, 0.3) is 0 Å². The molecule has 1 saturated heterocycles. The van der Waals surface area contributed by atoms with Crippen molar-refractivity contribution in [1.29, 1.82) is 0 Å². The molecule has 0 radical (unpaired) electrons. The summed E-state index contributed by atoms with van der Waals surface area (Å²) in [7, 11) is 1.99. The third kappa shape index (κ3) is 5.12. The van der Waals surface area contributed by atoms with E-state index in [-0.39, 0.29) is 24.1 Å². The van der Waals surface area contributed by atoms with Gasteiger partial charge in [0.1, 0.15) is 0 Å². The van der Waals surface area contributed by atoms with Gasteiger partial charge in [-0.25, -0.2) is 4.79 Å². The summed E-state index contributed by atoms with van der Waals surface area (Å²) in [6.07, 6.45) is 8.71. The number of hydrogen-bond donors (Lipinski definition) is 1. The van der Waals surface area contributed by atoms with Crippen LogP contribution in [-0.2, 0) is 11.8 Å². The summed E-state index contributed by atoms with van der Waals surface area (Å²) in [5.41, 5.74) is 2.64. The first-order chi connectivity index (χ1) is 15.2. The fourth-order valence-corrected chi connectivity index (χ4v) is 5.38. The summed E-state index contributed by atoms with van der Waals surface area (Å²) in [4.78, 5) is 14.8. The van der Waals surface area contributed by atoms with Crippen molar-refractivity contribution in [2.45, 2.75) is 69.4 Å². The zero-order chi connectivity index (χ0) is 21.6. The molecule has 6 heteroatoms. The zero-order valence-electron chi connectivity index (χ0n) is 18.9. The van der Waals surface area contributed by atoms with Crippen molar-refractivity contribution in [3.8, 4) is 0 Å². The molecule has 1 aliphatic carbocycles. The summed E-state index contributed by atoms with van der Waals surface area (Å²) >= 11 is 0. The Morgan fingerprint density at radius 1 is 1.13 bits per heavy atom. The van der Waals surface area contributed by atoms with Crippen LogP contribution in [0.15, 0.2) is 42.6 Å². The van der Waals surface area contributed by atoms with Crippen LogP contribution in [0.4, 0.5) is 4.79 Å². The number of urea groups is 1. The van der Waals surface area contributed by atoms with Gasteiger partial charge in [0.15, 0.2) is 0 Å². The molecule has 6 nitrogen and oxygen atoms in total. The summed E-state index contributed by atoms with van der Waals surface area (Å²) in [6, 6.07) is 13.0. The van der Waals surface area contributed by atoms with Crippen LogP contribution < -0.4 is 5.32 Å². The van der Waals surface area contributed by atoms with Crippen molar-refractivity contribution in [2.24, 2.45) is 7.05 Å². The molecular weight excluding hydrogens is 388 g/mol. The highest BCUT2D eigenvalue weighted by atomic mass is 16.5. The second-order valence-electron chi connectivity index (χ2n) is 8.94. The normalized spacial score (nSPS) is 26.6. The van der Waals surface area contributed by atoms with Crippen molar-refractivity contribution in [2.75, 3.05) is 19.7 Å². The van der Waals surface area contributed by atoms with Crippen molar-refractivity contribution < 1.29 is 9.53 Å². The number of ether oxygens (including phenoxy) is 1. The first kappa shape index (κ1) is 21.9. The van der Waals surface area contributed by atoms with Crippen molar-refractivity contribution in [1.82, 2.24) is 20.0 Å². The quantitative estimate of drug-likeness (QED) is 0.746. The minimum atomic E-state index is 0.0238. The lowest BCUT2D eigenvalue weighted by molar-refractivity contribution is -0.0173. The number of piperidine rings is 1. The number of hydrogen-bond acceptors (Lipinski definition) is 3. The van der Waals surface area contributed by atoms with Crippen LogP contribution in [0, 0.1) is 0 Å². The van der Waals surface area contributed by atoms with Gasteiger partial charge in [0, 0.05) is 37.9 Å². The fraction of sp³-hybridized carbons (Fsp3) is 0.600. The number of nitrogens with zero attached hydrogens (tertiary/aromatic N) is 3. The molecule has 2 heterocycles. The number of aromatic nitrogens is 2. The number of rotatable bonds is 6. The maximum absolute atomic E-state index is 12.8. The molecule has 2 atom stereocenters. The van der Waals surface area contributed by atoms with Crippen molar-refractivity contribution >= 4 is 6.03 Å². The lowest BCUT2D eigenvalue weighted by atomic mass is 9.82. The Hall–Kier alpha value is -2.34. The molecule has 168 valence electrons. The van der Waals surface area contributed by atoms with Crippen LogP contribution >= 0.6 is 0 Å². The largest absolute Gasteiger partial charge is 0.376 e. The van der Waals surface area contributed by atoms with E-state index in [1.165, 1.54) is 24.1 Å².